The van der Waals surface area contributed by atoms with Gasteiger partial charge in [0.05, 0.1) is 0 Å². The zero-order valence-corrected chi connectivity index (χ0v) is 28.1. The van der Waals surface area contributed by atoms with Crippen molar-refractivity contribution >= 4 is 0 Å². The SMILES string of the molecule is CC.CC.CCCCCCCCCCCCC1C=C1CCCC.CCCCCCCCCCCC[CH]CO. The zero-order chi connectivity index (χ0) is 29.0. The van der Waals surface area contributed by atoms with Crippen molar-refractivity contribution in [2.75, 3.05) is 6.61 Å². The average molecular weight is 538 g/mol. The first-order valence-corrected chi connectivity index (χ1v) is 17.9. The Labute approximate surface area is 244 Å². The monoisotopic (exact) mass is 538 g/mol. The highest BCUT2D eigenvalue weighted by Gasteiger charge is 2.22. The average Bonchev–Trinajstić information content (AvgIpc) is 3.72. The number of aliphatic hydroxyl groups is 1. The molecule has 1 aliphatic rings. The highest BCUT2D eigenvalue weighted by molar-refractivity contribution is 5.28. The van der Waals surface area contributed by atoms with E-state index in [4.69, 9.17) is 5.11 Å². The third-order valence-corrected chi connectivity index (χ3v) is 7.36. The topological polar surface area (TPSA) is 20.2 Å². The van der Waals surface area contributed by atoms with Crippen molar-refractivity contribution in [1.82, 2.24) is 0 Å². The van der Waals surface area contributed by atoms with Gasteiger partial charge in [-0.2, -0.15) is 0 Å². The summed E-state index contributed by atoms with van der Waals surface area (Å²) in [4.78, 5) is 0. The summed E-state index contributed by atoms with van der Waals surface area (Å²) in [5.74, 6) is 0.931. The van der Waals surface area contributed by atoms with Crippen molar-refractivity contribution in [2.24, 2.45) is 5.92 Å². The van der Waals surface area contributed by atoms with E-state index >= 15 is 0 Å². The van der Waals surface area contributed by atoms with Gasteiger partial charge >= 0.3 is 0 Å². The van der Waals surface area contributed by atoms with E-state index in [0.29, 0.717) is 0 Å². The van der Waals surface area contributed by atoms with Gasteiger partial charge < -0.3 is 5.11 Å². The van der Waals surface area contributed by atoms with E-state index < -0.39 is 0 Å². The molecule has 0 saturated heterocycles. The molecule has 0 aromatic heterocycles. The molecule has 38 heavy (non-hydrogen) atoms. The van der Waals surface area contributed by atoms with Crippen molar-refractivity contribution in [2.45, 2.75) is 209 Å². The molecule has 0 aromatic carbocycles. The van der Waals surface area contributed by atoms with Crippen LogP contribution >= 0.6 is 0 Å². The van der Waals surface area contributed by atoms with Crippen LogP contribution in [0.4, 0.5) is 0 Å². The minimum absolute atomic E-state index is 0.247. The van der Waals surface area contributed by atoms with Crippen LogP contribution < -0.4 is 0 Å². The van der Waals surface area contributed by atoms with Crippen molar-refractivity contribution in [3.05, 3.63) is 18.1 Å². The molecule has 1 heteroatoms. The normalized spacial score (nSPS) is 13.4. The van der Waals surface area contributed by atoms with E-state index in [-0.39, 0.29) is 6.61 Å². The van der Waals surface area contributed by atoms with Crippen LogP contribution in [0.2, 0.25) is 0 Å². The van der Waals surface area contributed by atoms with E-state index in [1.807, 2.05) is 34.1 Å². The second kappa shape index (κ2) is 41.2. The Morgan fingerprint density at radius 2 is 0.895 bits per heavy atom. The Balaban J connectivity index is -0.000000582. The number of rotatable bonds is 26. The van der Waals surface area contributed by atoms with Gasteiger partial charge in [-0.3, -0.25) is 0 Å². The Morgan fingerprint density at radius 3 is 1.29 bits per heavy atom. The summed E-state index contributed by atoms with van der Waals surface area (Å²) in [6.07, 6.45) is 39.6. The van der Waals surface area contributed by atoms with E-state index in [0.717, 1.165) is 12.3 Å². The predicted molar refractivity (Wildman–Crippen MR) is 178 cm³/mol. The molecule has 1 unspecified atom stereocenters. The maximum Gasteiger partial charge on any atom is 0.0462 e. The number of hydrogen-bond acceptors (Lipinski definition) is 1. The Kier molecular flexibility index (Phi) is 45.7. The van der Waals surface area contributed by atoms with Gasteiger partial charge in [-0.05, 0) is 38.0 Å². The molecule has 1 N–H and O–H groups in total. The summed E-state index contributed by atoms with van der Waals surface area (Å²) >= 11 is 0. The number of unbranched alkanes of at least 4 members (excludes halogenated alkanes) is 21. The smallest absolute Gasteiger partial charge is 0.0462 e. The zero-order valence-electron chi connectivity index (χ0n) is 28.1. The predicted octanol–water partition coefficient (Wildman–Crippen LogP) is 13.6. The van der Waals surface area contributed by atoms with Crippen LogP contribution in [-0.4, -0.2) is 11.7 Å². The fourth-order valence-corrected chi connectivity index (χ4v) is 4.85. The van der Waals surface area contributed by atoms with Gasteiger partial charge in [0.15, 0.2) is 0 Å². The van der Waals surface area contributed by atoms with Gasteiger partial charge in [-0.25, -0.2) is 0 Å². The van der Waals surface area contributed by atoms with Crippen LogP contribution in [0.25, 0.3) is 0 Å². The lowest BCUT2D eigenvalue weighted by Crippen LogP contribution is -1.86. The number of allylic oxidation sites excluding steroid dienone is 2. The molecule has 0 bridgehead atoms. The molecule has 0 aromatic rings. The quantitative estimate of drug-likeness (QED) is 0.0859. The van der Waals surface area contributed by atoms with Crippen LogP contribution in [0.15, 0.2) is 11.6 Å². The van der Waals surface area contributed by atoms with Crippen molar-refractivity contribution in [1.29, 1.82) is 0 Å². The first-order chi connectivity index (χ1) is 18.8. The van der Waals surface area contributed by atoms with E-state index in [9.17, 15) is 0 Å². The van der Waals surface area contributed by atoms with Gasteiger partial charge in [-0.15, -0.1) is 0 Å². The fourth-order valence-electron chi connectivity index (χ4n) is 4.85. The molecule has 0 spiro atoms. The molecule has 1 aliphatic carbocycles. The van der Waals surface area contributed by atoms with Gasteiger partial charge in [0.1, 0.15) is 0 Å². The summed E-state index contributed by atoms with van der Waals surface area (Å²) in [5, 5.41) is 8.55. The van der Waals surface area contributed by atoms with Gasteiger partial charge in [0.25, 0.3) is 0 Å². The molecule has 0 saturated carbocycles. The molecule has 1 radical (unpaired) electrons. The van der Waals surface area contributed by atoms with Crippen LogP contribution in [0.3, 0.4) is 0 Å². The lowest BCUT2D eigenvalue weighted by atomic mass is 10.0. The van der Waals surface area contributed by atoms with Gasteiger partial charge in [0.2, 0.25) is 0 Å². The molecule has 0 aliphatic heterocycles. The standard InChI is InChI=1S/C19H36.C14H29O.2C2H6/c1-3-5-7-8-9-10-11-12-13-14-16-19-17-18(19)15-6-4-2;1-2-3-4-5-6-7-8-9-10-11-12-13-14-15;2*1-2/h17,19H,3-16H2,1-2H3;13,15H,2-12,14H2,1H3;2*1-2H3. The van der Waals surface area contributed by atoms with E-state index in [2.05, 4.69) is 26.8 Å². The second-order valence-corrected chi connectivity index (χ2v) is 10.9. The van der Waals surface area contributed by atoms with Crippen molar-refractivity contribution in [3.63, 3.8) is 0 Å². The first-order valence-electron chi connectivity index (χ1n) is 17.9. The number of aliphatic hydroxyl groups excluding tert-OH is 1. The molecule has 0 fully saturated rings. The van der Waals surface area contributed by atoms with Crippen LogP contribution in [0.1, 0.15) is 209 Å². The molecular weight excluding hydrogens is 460 g/mol. The summed E-state index contributed by atoms with van der Waals surface area (Å²) in [6.45, 7) is 15.1. The maximum absolute atomic E-state index is 8.55. The third kappa shape index (κ3) is 37.9. The number of hydrogen-bond donors (Lipinski definition) is 1. The highest BCUT2D eigenvalue weighted by atomic mass is 16.2. The lowest BCUT2D eigenvalue weighted by molar-refractivity contribution is 0.322. The minimum Gasteiger partial charge on any atom is -0.396 e. The molecule has 1 nitrogen and oxygen atoms in total. The summed E-state index contributed by atoms with van der Waals surface area (Å²) in [6, 6.07) is 0. The van der Waals surface area contributed by atoms with Crippen LogP contribution in [-0.2, 0) is 0 Å². The van der Waals surface area contributed by atoms with E-state index in [1.165, 1.54) is 154 Å². The summed E-state index contributed by atoms with van der Waals surface area (Å²) < 4.78 is 0. The van der Waals surface area contributed by atoms with Crippen molar-refractivity contribution in [3.8, 4) is 0 Å². The van der Waals surface area contributed by atoms with E-state index in [1.54, 1.807) is 5.57 Å². The van der Waals surface area contributed by atoms with Crippen molar-refractivity contribution < 1.29 is 5.11 Å². The third-order valence-electron chi connectivity index (χ3n) is 7.36. The second-order valence-electron chi connectivity index (χ2n) is 10.9. The van der Waals surface area contributed by atoms with Crippen LogP contribution in [0.5, 0.6) is 0 Å². The van der Waals surface area contributed by atoms with Crippen LogP contribution in [0, 0.1) is 12.3 Å². The van der Waals surface area contributed by atoms with Gasteiger partial charge in [0, 0.05) is 6.61 Å². The van der Waals surface area contributed by atoms with Gasteiger partial charge in [-0.1, -0.05) is 195 Å². The fraction of sp³-hybridized carbons (Fsp3) is 0.919. The maximum atomic E-state index is 8.55. The molecular formula is C37H77O. The summed E-state index contributed by atoms with van der Waals surface area (Å²) in [5.41, 5.74) is 1.78. The minimum atomic E-state index is 0.247. The Morgan fingerprint density at radius 1 is 0.526 bits per heavy atom. The Bertz CT molecular complexity index is 388. The first kappa shape index (κ1) is 42.2. The molecule has 0 amide bonds. The highest BCUT2D eigenvalue weighted by Crippen LogP contribution is 2.37. The molecule has 1 atom stereocenters. The molecule has 1 rings (SSSR count). The summed E-state index contributed by atoms with van der Waals surface area (Å²) in [7, 11) is 0. The molecule has 231 valence electrons. The Hall–Kier alpha value is -0.300. The molecule has 0 heterocycles. The lowest BCUT2D eigenvalue weighted by Gasteiger charge is -2.03. The largest absolute Gasteiger partial charge is 0.396 e.